The monoisotopic (exact) mass is 393 g/mol. The van der Waals surface area contributed by atoms with E-state index in [-0.39, 0.29) is 11.5 Å². The van der Waals surface area contributed by atoms with Crippen LogP contribution in [-0.4, -0.2) is 63.2 Å². The fraction of sp³-hybridized carbons (Fsp3) is 0.455. The molecule has 1 unspecified atom stereocenters. The highest BCUT2D eigenvalue weighted by molar-refractivity contribution is 5.79. The van der Waals surface area contributed by atoms with Crippen LogP contribution in [0.3, 0.4) is 0 Å². The van der Waals surface area contributed by atoms with Crippen molar-refractivity contribution < 1.29 is 4.79 Å². The van der Waals surface area contributed by atoms with Crippen LogP contribution in [0, 0.1) is 5.92 Å². The van der Waals surface area contributed by atoms with E-state index in [4.69, 9.17) is 0 Å². The Hall–Kier alpha value is -2.80. The number of pyridine rings is 1. The third kappa shape index (κ3) is 4.79. The molecule has 2 aromatic heterocycles. The average molecular weight is 393 g/mol. The molecule has 1 atom stereocenters. The Labute approximate surface area is 170 Å². The van der Waals surface area contributed by atoms with Crippen LogP contribution < -0.4 is 5.56 Å². The van der Waals surface area contributed by atoms with E-state index in [1.54, 1.807) is 24.5 Å². The fourth-order valence-electron chi connectivity index (χ4n) is 3.98. The summed E-state index contributed by atoms with van der Waals surface area (Å²) in [6.07, 6.45) is 10.6. The molecule has 2 aliphatic rings. The van der Waals surface area contributed by atoms with Crippen molar-refractivity contribution >= 4 is 5.91 Å². The Bertz CT molecular complexity index is 916. The van der Waals surface area contributed by atoms with E-state index in [1.807, 2.05) is 17.0 Å². The summed E-state index contributed by atoms with van der Waals surface area (Å²) in [4.78, 5) is 33.3. The van der Waals surface area contributed by atoms with Crippen molar-refractivity contribution in [1.82, 2.24) is 24.6 Å². The number of rotatable bonds is 5. The predicted octanol–water partition coefficient (Wildman–Crippen LogP) is 1.81. The van der Waals surface area contributed by atoms with Gasteiger partial charge < -0.3 is 4.90 Å². The maximum absolute atomic E-state index is 12.7. The van der Waals surface area contributed by atoms with E-state index in [2.05, 4.69) is 27.1 Å². The van der Waals surface area contributed by atoms with E-state index < -0.39 is 0 Å². The van der Waals surface area contributed by atoms with E-state index >= 15 is 0 Å². The lowest BCUT2D eigenvalue weighted by atomic mass is 9.93. The van der Waals surface area contributed by atoms with Gasteiger partial charge in [0, 0.05) is 62.7 Å². The fourth-order valence-corrected chi connectivity index (χ4v) is 3.98. The molecule has 29 heavy (non-hydrogen) atoms. The Morgan fingerprint density at radius 2 is 1.93 bits per heavy atom. The number of nitrogens with zero attached hydrogens (tertiary/aromatic N) is 5. The van der Waals surface area contributed by atoms with E-state index in [0.29, 0.717) is 12.5 Å². The number of piperazine rings is 1. The molecule has 1 amide bonds. The number of carbonyl (C=O) groups excluding carboxylic acids is 1. The minimum atomic E-state index is -0.100. The molecule has 3 heterocycles. The van der Waals surface area contributed by atoms with Crippen molar-refractivity contribution in [3.63, 3.8) is 0 Å². The Morgan fingerprint density at radius 1 is 1.07 bits per heavy atom. The molecule has 1 aliphatic heterocycles. The van der Waals surface area contributed by atoms with Crippen molar-refractivity contribution in [2.24, 2.45) is 5.92 Å². The van der Waals surface area contributed by atoms with Gasteiger partial charge in [-0.1, -0.05) is 12.2 Å². The third-order valence-corrected chi connectivity index (χ3v) is 5.75. The Morgan fingerprint density at radius 3 is 2.66 bits per heavy atom. The first-order chi connectivity index (χ1) is 14.2. The molecule has 152 valence electrons. The van der Waals surface area contributed by atoms with E-state index in [1.165, 1.54) is 4.68 Å². The van der Waals surface area contributed by atoms with Crippen molar-refractivity contribution in [1.29, 1.82) is 0 Å². The number of aromatic nitrogens is 3. The van der Waals surface area contributed by atoms with Gasteiger partial charge in [0.2, 0.25) is 5.91 Å². The zero-order valence-electron chi connectivity index (χ0n) is 16.6. The Balaban J connectivity index is 1.31. The van der Waals surface area contributed by atoms with Crippen LogP contribution in [0.1, 0.15) is 19.3 Å². The molecule has 1 saturated heterocycles. The molecule has 0 aromatic carbocycles. The molecule has 0 bridgehead atoms. The highest BCUT2D eigenvalue weighted by Gasteiger charge is 2.27. The van der Waals surface area contributed by atoms with Gasteiger partial charge in [0.1, 0.15) is 0 Å². The third-order valence-electron chi connectivity index (χ3n) is 5.75. The second-order valence-corrected chi connectivity index (χ2v) is 7.67. The molecular formula is C22H27N5O2. The summed E-state index contributed by atoms with van der Waals surface area (Å²) in [6.45, 7) is 4.48. The SMILES string of the molecule is O=C(C1CC=CCC1)N1CCN(CCn2nc(-c3cccnc3)ccc2=O)CC1. The first-order valence-electron chi connectivity index (χ1n) is 10.4. The summed E-state index contributed by atoms with van der Waals surface area (Å²) < 4.78 is 1.52. The zero-order valence-corrected chi connectivity index (χ0v) is 16.6. The molecule has 0 saturated carbocycles. The van der Waals surface area contributed by atoms with Crippen LogP contribution in [0.15, 0.2) is 53.6 Å². The molecule has 2 aromatic rings. The van der Waals surface area contributed by atoms with Gasteiger partial charge in [-0.2, -0.15) is 5.10 Å². The standard InChI is InChI=1S/C22H27N5O2/c28-21-9-8-20(19-7-4-10-23-17-19)24-27(21)16-13-25-11-14-26(15-12-25)22(29)18-5-2-1-3-6-18/h1-2,4,7-10,17-18H,3,5-6,11-16H2. The molecule has 0 radical (unpaired) electrons. The number of hydrogen-bond donors (Lipinski definition) is 0. The molecule has 7 nitrogen and oxygen atoms in total. The van der Waals surface area contributed by atoms with E-state index in [9.17, 15) is 9.59 Å². The molecule has 1 fully saturated rings. The Kier molecular flexibility index (Phi) is 6.14. The molecule has 0 N–H and O–H groups in total. The van der Waals surface area contributed by atoms with Crippen LogP contribution in [0.2, 0.25) is 0 Å². The lowest BCUT2D eigenvalue weighted by Crippen LogP contribution is -2.51. The van der Waals surface area contributed by atoms with Crippen LogP contribution in [0.5, 0.6) is 0 Å². The van der Waals surface area contributed by atoms with Crippen molar-refractivity contribution in [2.75, 3.05) is 32.7 Å². The number of allylic oxidation sites excluding steroid dienone is 2. The number of amides is 1. The number of hydrogen-bond acceptors (Lipinski definition) is 5. The second-order valence-electron chi connectivity index (χ2n) is 7.67. The lowest BCUT2D eigenvalue weighted by Gasteiger charge is -2.36. The summed E-state index contributed by atoms with van der Waals surface area (Å²) in [5.74, 6) is 0.459. The van der Waals surface area contributed by atoms with Crippen molar-refractivity contribution in [2.45, 2.75) is 25.8 Å². The summed E-state index contributed by atoms with van der Waals surface area (Å²) in [7, 11) is 0. The predicted molar refractivity (Wildman–Crippen MR) is 111 cm³/mol. The van der Waals surface area contributed by atoms with Crippen LogP contribution in [0.4, 0.5) is 0 Å². The summed E-state index contributed by atoms with van der Waals surface area (Å²) in [5.41, 5.74) is 1.54. The molecular weight excluding hydrogens is 366 g/mol. The minimum Gasteiger partial charge on any atom is -0.340 e. The minimum absolute atomic E-state index is 0.100. The van der Waals surface area contributed by atoms with Crippen LogP contribution in [-0.2, 0) is 11.3 Å². The van der Waals surface area contributed by atoms with Gasteiger partial charge in [-0.15, -0.1) is 0 Å². The van der Waals surface area contributed by atoms with Crippen molar-refractivity contribution in [3.8, 4) is 11.3 Å². The van der Waals surface area contributed by atoms with Crippen molar-refractivity contribution in [3.05, 3.63) is 59.2 Å². The van der Waals surface area contributed by atoms with E-state index in [0.717, 1.165) is 63.2 Å². The number of carbonyl (C=O) groups is 1. The van der Waals surface area contributed by atoms with Gasteiger partial charge in [0.25, 0.3) is 5.56 Å². The van der Waals surface area contributed by atoms with Gasteiger partial charge in [-0.3, -0.25) is 19.5 Å². The molecule has 1 aliphatic carbocycles. The first-order valence-corrected chi connectivity index (χ1v) is 10.4. The van der Waals surface area contributed by atoms with Gasteiger partial charge in [-0.25, -0.2) is 4.68 Å². The lowest BCUT2D eigenvalue weighted by molar-refractivity contribution is -0.137. The van der Waals surface area contributed by atoms with Gasteiger partial charge in [-0.05, 0) is 37.5 Å². The highest BCUT2D eigenvalue weighted by Crippen LogP contribution is 2.21. The summed E-state index contributed by atoms with van der Waals surface area (Å²) >= 11 is 0. The largest absolute Gasteiger partial charge is 0.340 e. The van der Waals surface area contributed by atoms with Crippen LogP contribution >= 0.6 is 0 Å². The first kappa shape index (κ1) is 19.5. The molecule has 7 heteroatoms. The summed E-state index contributed by atoms with van der Waals surface area (Å²) in [5, 5.41) is 4.50. The highest BCUT2D eigenvalue weighted by atomic mass is 16.2. The maximum atomic E-state index is 12.7. The van der Waals surface area contributed by atoms with Crippen LogP contribution in [0.25, 0.3) is 11.3 Å². The second kappa shape index (κ2) is 9.13. The quantitative estimate of drug-likeness (QED) is 0.725. The van der Waals surface area contributed by atoms with Gasteiger partial charge in [0.05, 0.1) is 12.2 Å². The molecule has 4 rings (SSSR count). The topological polar surface area (TPSA) is 71.3 Å². The molecule has 0 spiro atoms. The van der Waals surface area contributed by atoms with Gasteiger partial charge in [0.15, 0.2) is 0 Å². The van der Waals surface area contributed by atoms with Gasteiger partial charge >= 0.3 is 0 Å². The summed E-state index contributed by atoms with van der Waals surface area (Å²) in [6, 6.07) is 7.09. The normalized spacial score (nSPS) is 20.0. The smallest absolute Gasteiger partial charge is 0.266 e. The average Bonchev–Trinajstić information content (AvgIpc) is 2.79. The maximum Gasteiger partial charge on any atom is 0.266 e. The zero-order chi connectivity index (χ0) is 20.1.